The van der Waals surface area contributed by atoms with Gasteiger partial charge in [0.25, 0.3) is 0 Å². The highest BCUT2D eigenvalue weighted by Gasteiger charge is 2.21. The van der Waals surface area contributed by atoms with Crippen LogP contribution in [0.4, 0.5) is 0 Å². The Morgan fingerprint density at radius 3 is 2.39 bits per heavy atom. The normalized spacial score (nSPS) is 15.3. The lowest BCUT2D eigenvalue weighted by molar-refractivity contribution is -0.131. The van der Waals surface area contributed by atoms with Crippen LogP contribution in [0.3, 0.4) is 0 Å². The molecule has 1 aliphatic heterocycles. The molecule has 3 rings (SSSR count). The maximum Gasteiger partial charge on any atom is 0.310 e. The number of nitrogens with zero attached hydrogens (tertiary/aromatic N) is 2. The van der Waals surface area contributed by atoms with E-state index in [4.69, 9.17) is 8.92 Å². The highest BCUT2D eigenvalue weighted by molar-refractivity contribution is 7.87. The van der Waals surface area contributed by atoms with Crippen LogP contribution in [0.15, 0.2) is 54.6 Å². The minimum atomic E-state index is -3.65. The molecule has 8 heteroatoms. The SMILES string of the molecule is COc1ccc(CCC(=O)N2CCCN(CCS(=O)(=O)Oc3ccccc3)CC2)cc1. The van der Waals surface area contributed by atoms with E-state index in [0.717, 1.165) is 24.3 Å². The maximum atomic E-state index is 12.6. The van der Waals surface area contributed by atoms with Gasteiger partial charge in [0.05, 0.1) is 12.9 Å². The van der Waals surface area contributed by atoms with Crippen molar-refractivity contribution in [2.75, 3.05) is 45.6 Å². The fraction of sp³-hybridized carbons (Fsp3) is 0.435. The molecule has 0 aromatic heterocycles. The summed E-state index contributed by atoms with van der Waals surface area (Å²) < 4.78 is 34.8. The van der Waals surface area contributed by atoms with Gasteiger partial charge in [-0.1, -0.05) is 30.3 Å². The zero-order chi connectivity index (χ0) is 22.1. The average Bonchev–Trinajstić information content (AvgIpc) is 3.03. The summed E-state index contributed by atoms with van der Waals surface area (Å²) in [6, 6.07) is 16.3. The molecule has 1 saturated heterocycles. The van der Waals surface area contributed by atoms with Gasteiger partial charge in [-0.2, -0.15) is 8.42 Å². The molecule has 7 nitrogen and oxygen atoms in total. The number of carbonyl (C=O) groups excluding carboxylic acids is 1. The van der Waals surface area contributed by atoms with Gasteiger partial charge in [0.2, 0.25) is 5.91 Å². The van der Waals surface area contributed by atoms with Gasteiger partial charge < -0.3 is 18.7 Å². The van der Waals surface area contributed by atoms with E-state index in [-0.39, 0.29) is 11.7 Å². The zero-order valence-electron chi connectivity index (χ0n) is 17.9. The predicted octanol–water partition coefficient (Wildman–Crippen LogP) is 2.57. The third kappa shape index (κ3) is 7.56. The minimum absolute atomic E-state index is 0.0761. The number of aryl methyl sites for hydroxylation is 1. The molecule has 1 amide bonds. The molecule has 0 atom stereocenters. The van der Waals surface area contributed by atoms with E-state index < -0.39 is 10.1 Å². The molecule has 1 aliphatic rings. The summed E-state index contributed by atoms with van der Waals surface area (Å²) in [5.41, 5.74) is 1.11. The van der Waals surface area contributed by atoms with Gasteiger partial charge in [-0.15, -0.1) is 0 Å². The molecule has 0 saturated carbocycles. The molecule has 0 bridgehead atoms. The molecule has 0 N–H and O–H groups in total. The summed E-state index contributed by atoms with van der Waals surface area (Å²) in [5.74, 6) is 1.19. The average molecular weight is 447 g/mol. The quantitative estimate of drug-likeness (QED) is 0.551. The van der Waals surface area contributed by atoms with Gasteiger partial charge in [0, 0.05) is 32.6 Å². The van der Waals surface area contributed by atoms with Crippen LogP contribution in [-0.4, -0.2) is 69.7 Å². The van der Waals surface area contributed by atoms with Crippen molar-refractivity contribution >= 4 is 16.0 Å². The summed E-state index contributed by atoms with van der Waals surface area (Å²) in [7, 11) is -2.02. The van der Waals surface area contributed by atoms with Gasteiger partial charge in [0.1, 0.15) is 11.5 Å². The molecule has 1 heterocycles. The second kappa shape index (κ2) is 11.2. The summed E-state index contributed by atoms with van der Waals surface area (Å²) in [6.07, 6.45) is 1.98. The molecule has 31 heavy (non-hydrogen) atoms. The monoisotopic (exact) mass is 446 g/mol. The highest BCUT2D eigenvalue weighted by atomic mass is 32.2. The first kappa shape index (κ1) is 23.1. The molecular weight excluding hydrogens is 416 g/mol. The van der Waals surface area contributed by atoms with Crippen LogP contribution < -0.4 is 8.92 Å². The fourth-order valence-corrected chi connectivity index (χ4v) is 4.52. The van der Waals surface area contributed by atoms with Crippen LogP contribution in [0.1, 0.15) is 18.4 Å². The van der Waals surface area contributed by atoms with Crippen molar-refractivity contribution < 1.29 is 22.1 Å². The molecule has 0 radical (unpaired) electrons. The van der Waals surface area contributed by atoms with Crippen LogP contribution >= 0.6 is 0 Å². The predicted molar refractivity (Wildman–Crippen MR) is 120 cm³/mol. The lowest BCUT2D eigenvalue weighted by atomic mass is 10.1. The number of para-hydroxylation sites is 1. The largest absolute Gasteiger partial charge is 0.497 e. The van der Waals surface area contributed by atoms with Crippen molar-refractivity contribution in [2.45, 2.75) is 19.3 Å². The lowest BCUT2D eigenvalue weighted by Crippen LogP contribution is -2.37. The van der Waals surface area contributed by atoms with Crippen molar-refractivity contribution in [3.05, 3.63) is 60.2 Å². The summed E-state index contributed by atoms with van der Waals surface area (Å²) >= 11 is 0. The van der Waals surface area contributed by atoms with Gasteiger partial charge >= 0.3 is 10.1 Å². The number of ether oxygens (including phenoxy) is 1. The van der Waals surface area contributed by atoms with Gasteiger partial charge in [-0.25, -0.2) is 0 Å². The van der Waals surface area contributed by atoms with E-state index in [9.17, 15) is 13.2 Å². The van der Waals surface area contributed by atoms with Gasteiger partial charge in [-0.3, -0.25) is 4.79 Å². The summed E-state index contributed by atoms with van der Waals surface area (Å²) in [6.45, 7) is 3.13. The second-order valence-electron chi connectivity index (χ2n) is 7.58. The molecular formula is C23H30N2O5S. The van der Waals surface area contributed by atoms with Crippen LogP contribution in [-0.2, 0) is 21.3 Å². The van der Waals surface area contributed by atoms with E-state index in [1.807, 2.05) is 29.2 Å². The first-order valence-corrected chi connectivity index (χ1v) is 12.1. The topological polar surface area (TPSA) is 76.2 Å². The second-order valence-corrected chi connectivity index (χ2v) is 9.27. The summed E-state index contributed by atoms with van der Waals surface area (Å²) in [4.78, 5) is 16.6. The number of carbonyl (C=O) groups is 1. The van der Waals surface area contributed by atoms with Crippen molar-refractivity contribution in [2.24, 2.45) is 0 Å². The van der Waals surface area contributed by atoms with E-state index in [0.29, 0.717) is 44.8 Å². The Balaban J connectivity index is 1.42. The Hall–Kier alpha value is -2.58. The van der Waals surface area contributed by atoms with E-state index in [2.05, 4.69) is 4.90 Å². The lowest BCUT2D eigenvalue weighted by Gasteiger charge is -2.22. The zero-order valence-corrected chi connectivity index (χ0v) is 18.7. The standard InChI is InChI=1S/C23H30N2O5S/c1-29-21-11-8-20(9-12-21)10-13-23(26)25-15-5-14-24(16-17-25)18-19-31(27,28)30-22-6-3-2-4-7-22/h2-4,6-9,11-12H,5,10,13-19H2,1H3. The van der Waals surface area contributed by atoms with E-state index >= 15 is 0 Å². The first-order chi connectivity index (χ1) is 14.9. The van der Waals surface area contributed by atoms with Crippen LogP contribution in [0, 0.1) is 0 Å². The van der Waals surface area contributed by atoms with Crippen LogP contribution in [0.2, 0.25) is 0 Å². The number of benzene rings is 2. The molecule has 168 valence electrons. The first-order valence-electron chi connectivity index (χ1n) is 10.6. The Kier molecular flexibility index (Phi) is 8.31. The smallest absolute Gasteiger partial charge is 0.310 e. The third-order valence-electron chi connectivity index (χ3n) is 5.35. The number of methoxy groups -OCH3 is 1. The van der Waals surface area contributed by atoms with Crippen LogP contribution in [0.25, 0.3) is 0 Å². The minimum Gasteiger partial charge on any atom is -0.497 e. The molecule has 0 unspecified atom stereocenters. The maximum absolute atomic E-state index is 12.6. The number of rotatable bonds is 9. The molecule has 0 aliphatic carbocycles. The fourth-order valence-electron chi connectivity index (χ4n) is 3.55. The van der Waals surface area contributed by atoms with Crippen molar-refractivity contribution in [3.8, 4) is 11.5 Å². The van der Waals surface area contributed by atoms with E-state index in [1.165, 1.54) is 0 Å². The van der Waals surface area contributed by atoms with Gasteiger partial charge in [0.15, 0.2) is 0 Å². The highest BCUT2D eigenvalue weighted by Crippen LogP contribution is 2.15. The summed E-state index contributed by atoms with van der Waals surface area (Å²) in [5, 5.41) is 0. The van der Waals surface area contributed by atoms with E-state index in [1.54, 1.807) is 37.4 Å². The molecule has 0 spiro atoms. The number of hydrogen-bond acceptors (Lipinski definition) is 6. The number of hydrogen-bond donors (Lipinski definition) is 0. The van der Waals surface area contributed by atoms with Crippen molar-refractivity contribution in [3.63, 3.8) is 0 Å². The Bertz CT molecular complexity index is 932. The van der Waals surface area contributed by atoms with Crippen LogP contribution in [0.5, 0.6) is 11.5 Å². The molecule has 2 aromatic carbocycles. The van der Waals surface area contributed by atoms with Gasteiger partial charge in [-0.05, 0) is 49.2 Å². The molecule has 2 aromatic rings. The Morgan fingerprint density at radius 1 is 0.935 bits per heavy atom. The molecule has 1 fully saturated rings. The Morgan fingerprint density at radius 2 is 1.68 bits per heavy atom. The third-order valence-corrected chi connectivity index (χ3v) is 6.48. The number of amides is 1. The Labute approximate surface area is 184 Å². The van der Waals surface area contributed by atoms with Crippen molar-refractivity contribution in [1.82, 2.24) is 9.80 Å². The van der Waals surface area contributed by atoms with Crippen molar-refractivity contribution in [1.29, 1.82) is 0 Å².